The number of rotatable bonds is 4. The molecule has 27 heavy (non-hydrogen) atoms. The third-order valence-electron chi connectivity index (χ3n) is 4.53. The van der Waals surface area contributed by atoms with Gasteiger partial charge < -0.3 is 15.5 Å². The number of carbonyl (C=O) groups excluding carboxylic acids is 1. The summed E-state index contributed by atoms with van der Waals surface area (Å²) in [5.41, 5.74) is 5.61. The number of hydrogen-bond donors (Lipinski definition) is 2. The summed E-state index contributed by atoms with van der Waals surface area (Å²) in [5, 5.41) is 9.58. The van der Waals surface area contributed by atoms with Crippen molar-refractivity contribution in [1.82, 2.24) is 14.1 Å². The molecule has 0 aliphatic heterocycles. The number of aryl methyl sites for hydroxylation is 1. The predicted molar refractivity (Wildman–Crippen MR) is 98.3 cm³/mol. The molecule has 0 saturated heterocycles. The molecule has 0 bridgehead atoms. The van der Waals surface area contributed by atoms with Gasteiger partial charge in [0.05, 0.1) is 24.3 Å². The molecule has 3 aromatic rings. The molecule has 1 aromatic carbocycles. The van der Waals surface area contributed by atoms with Crippen LogP contribution in [0.25, 0.3) is 22.3 Å². The van der Waals surface area contributed by atoms with Crippen molar-refractivity contribution >= 4 is 16.9 Å². The van der Waals surface area contributed by atoms with Gasteiger partial charge >= 0.3 is 5.69 Å². The van der Waals surface area contributed by atoms with E-state index in [9.17, 15) is 19.6 Å². The fourth-order valence-electron chi connectivity index (χ4n) is 3.09. The quantitative estimate of drug-likeness (QED) is 0.685. The summed E-state index contributed by atoms with van der Waals surface area (Å²) in [6, 6.07) is 8.69. The average Bonchev–Trinajstić information content (AvgIpc) is 3.05. The van der Waals surface area contributed by atoms with E-state index in [4.69, 9.17) is 10.5 Å². The minimum Gasteiger partial charge on any atom is -0.497 e. The molecule has 1 unspecified atom stereocenters. The van der Waals surface area contributed by atoms with Crippen molar-refractivity contribution in [3.8, 4) is 23.1 Å². The van der Waals surface area contributed by atoms with Crippen molar-refractivity contribution < 1.29 is 9.53 Å². The Labute approximate surface area is 153 Å². The summed E-state index contributed by atoms with van der Waals surface area (Å²) in [6.45, 7) is 0. The number of hydrogen-bond acceptors (Lipinski definition) is 5. The molecule has 0 radical (unpaired) electrons. The minimum absolute atomic E-state index is 0.0794. The summed E-state index contributed by atoms with van der Waals surface area (Å²) >= 11 is 0. The zero-order chi connectivity index (χ0) is 19.9. The van der Waals surface area contributed by atoms with E-state index in [1.54, 1.807) is 24.3 Å². The number of nitriles is 1. The number of nitrogens with two attached hydrogens (primary N) is 1. The molecular formula is C18H17N5O4. The lowest BCUT2D eigenvalue weighted by Gasteiger charge is -2.09. The van der Waals surface area contributed by atoms with Crippen LogP contribution in [-0.2, 0) is 18.9 Å². The molecule has 138 valence electrons. The van der Waals surface area contributed by atoms with Crippen LogP contribution in [0.3, 0.4) is 0 Å². The number of primary amides is 1. The van der Waals surface area contributed by atoms with Gasteiger partial charge in [-0.1, -0.05) is 0 Å². The Kier molecular flexibility index (Phi) is 4.33. The molecule has 1 atom stereocenters. The highest BCUT2D eigenvalue weighted by molar-refractivity contribution is 5.97. The highest BCUT2D eigenvalue weighted by Gasteiger charge is 2.29. The Morgan fingerprint density at radius 3 is 2.37 bits per heavy atom. The topological polar surface area (TPSA) is 136 Å². The number of fused-ring (bicyclic) bond motifs is 1. The third kappa shape index (κ3) is 2.67. The number of benzene rings is 1. The number of carbonyl (C=O) groups is 1. The van der Waals surface area contributed by atoms with E-state index in [1.165, 1.54) is 25.8 Å². The second-order valence-corrected chi connectivity index (χ2v) is 6.04. The van der Waals surface area contributed by atoms with Gasteiger partial charge in [-0.3, -0.25) is 18.7 Å². The second kappa shape index (κ2) is 6.49. The Balaban J connectivity index is 2.49. The highest BCUT2D eigenvalue weighted by Crippen LogP contribution is 2.34. The Morgan fingerprint density at radius 1 is 1.22 bits per heavy atom. The van der Waals surface area contributed by atoms with Gasteiger partial charge in [-0.25, -0.2) is 4.79 Å². The van der Waals surface area contributed by atoms with Gasteiger partial charge in [0, 0.05) is 19.7 Å². The van der Waals surface area contributed by atoms with Gasteiger partial charge in [0.15, 0.2) is 5.92 Å². The maximum absolute atomic E-state index is 12.8. The number of H-pyrrole nitrogens is 1. The number of nitrogens with one attached hydrogen (secondary N) is 1. The van der Waals surface area contributed by atoms with Crippen molar-refractivity contribution in [2.24, 2.45) is 19.8 Å². The van der Waals surface area contributed by atoms with Crippen LogP contribution in [-0.4, -0.2) is 27.1 Å². The first-order valence-electron chi connectivity index (χ1n) is 7.96. The van der Waals surface area contributed by atoms with Crippen LogP contribution in [0.2, 0.25) is 0 Å². The number of methoxy groups -OCH3 is 1. The van der Waals surface area contributed by atoms with Crippen molar-refractivity contribution in [2.75, 3.05) is 7.11 Å². The summed E-state index contributed by atoms with van der Waals surface area (Å²) in [5.74, 6) is -1.63. The smallest absolute Gasteiger partial charge is 0.332 e. The van der Waals surface area contributed by atoms with Crippen LogP contribution in [0.4, 0.5) is 0 Å². The minimum atomic E-state index is -1.36. The molecule has 9 heteroatoms. The molecule has 0 spiro atoms. The first-order chi connectivity index (χ1) is 12.8. The first-order valence-corrected chi connectivity index (χ1v) is 7.96. The average molecular weight is 367 g/mol. The summed E-state index contributed by atoms with van der Waals surface area (Å²) in [6.07, 6.45) is 0. The number of aromatic nitrogens is 3. The largest absolute Gasteiger partial charge is 0.497 e. The molecule has 0 fully saturated rings. The predicted octanol–water partition coefficient (Wildman–Crippen LogP) is 0.333. The van der Waals surface area contributed by atoms with E-state index in [2.05, 4.69) is 4.98 Å². The summed E-state index contributed by atoms with van der Waals surface area (Å²) in [7, 11) is 4.36. The number of amides is 1. The molecule has 0 aliphatic carbocycles. The van der Waals surface area contributed by atoms with E-state index in [-0.39, 0.29) is 16.6 Å². The fourth-order valence-corrected chi connectivity index (χ4v) is 3.09. The Morgan fingerprint density at radius 2 is 1.85 bits per heavy atom. The lowest BCUT2D eigenvalue weighted by Crippen LogP contribution is -2.37. The zero-order valence-corrected chi connectivity index (χ0v) is 14.9. The highest BCUT2D eigenvalue weighted by atomic mass is 16.5. The summed E-state index contributed by atoms with van der Waals surface area (Å²) < 4.78 is 7.31. The van der Waals surface area contributed by atoms with Crippen LogP contribution in [0.15, 0.2) is 33.9 Å². The maximum atomic E-state index is 12.8. The van der Waals surface area contributed by atoms with Gasteiger partial charge in [-0.15, -0.1) is 0 Å². The van der Waals surface area contributed by atoms with E-state index in [1.807, 2.05) is 6.07 Å². The van der Waals surface area contributed by atoms with Gasteiger partial charge in [0.2, 0.25) is 5.91 Å². The third-order valence-corrected chi connectivity index (χ3v) is 4.53. The maximum Gasteiger partial charge on any atom is 0.332 e. The van der Waals surface area contributed by atoms with Crippen LogP contribution >= 0.6 is 0 Å². The molecule has 2 heterocycles. The van der Waals surface area contributed by atoms with Crippen molar-refractivity contribution in [1.29, 1.82) is 5.26 Å². The van der Waals surface area contributed by atoms with Crippen LogP contribution in [0.1, 0.15) is 11.5 Å². The van der Waals surface area contributed by atoms with Crippen LogP contribution in [0, 0.1) is 11.3 Å². The molecule has 0 saturated carbocycles. The molecule has 9 nitrogen and oxygen atoms in total. The molecule has 3 rings (SSSR count). The number of nitrogens with zero attached hydrogens (tertiary/aromatic N) is 3. The lowest BCUT2D eigenvalue weighted by atomic mass is 9.94. The molecule has 2 aromatic heterocycles. The monoisotopic (exact) mass is 367 g/mol. The van der Waals surface area contributed by atoms with Gasteiger partial charge in [-0.05, 0) is 29.8 Å². The van der Waals surface area contributed by atoms with Crippen LogP contribution in [0.5, 0.6) is 5.75 Å². The van der Waals surface area contributed by atoms with Gasteiger partial charge in [-0.2, -0.15) is 5.26 Å². The first kappa shape index (κ1) is 18.0. The van der Waals surface area contributed by atoms with Crippen molar-refractivity contribution in [3.63, 3.8) is 0 Å². The van der Waals surface area contributed by atoms with Gasteiger partial charge in [0.1, 0.15) is 11.4 Å². The fraction of sp³-hybridized carbons (Fsp3) is 0.222. The van der Waals surface area contributed by atoms with E-state index < -0.39 is 23.1 Å². The second-order valence-electron chi connectivity index (χ2n) is 6.04. The number of aromatic amines is 1. The lowest BCUT2D eigenvalue weighted by molar-refractivity contribution is -0.118. The standard InChI is InChI=1S/C18H17N5O4/c1-22-16-13(17(25)23(2)18(22)26)12(11(8-19)15(20)24)14(21-16)9-4-6-10(27-3)7-5-9/h4-7,11,21H,1-3H3,(H2,20,24). The van der Waals surface area contributed by atoms with Crippen molar-refractivity contribution in [3.05, 3.63) is 50.7 Å². The molecular weight excluding hydrogens is 350 g/mol. The van der Waals surface area contributed by atoms with Crippen LogP contribution < -0.4 is 21.7 Å². The normalized spacial score (nSPS) is 11.9. The van der Waals surface area contributed by atoms with E-state index in [0.29, 0.717) is 17.0 Å². The molecule has 1 amide bonds. The van der Waals surface area contributed by atoms with E-state index >= 15 is 0 Å². The number of ether oxygens (including phenoxy) is 1. The Hall–Kier alpha value is -3.80. The van der Waals surface area contributed by atoms with Crippen molar-refractivity contribution in [2.45, 2.75) is 5.92 Å². The SMILES string of the molecule is COc1ccc(-c2[nH]c3c(c2C(C#N)C(N)=O)c(=O)n(C)c(=O)n3C)cc1. The van der Waals surface area contributed by atoms with Gasteiger partial charge in [0.25, 0.3) is 5.56 Å². The van der Waals surface area contributed by atoms with E-state index in [0.717, 1.165) is 4.57 Å². The zero-order valence-electron chi connectivity index (χ0n) is 14.9. The Bertz CT molecular complexity index is 1210. The molecule has 3 N–H and O–H groups in total. The summed E-state index contributed by atoms with van der Waals surface area (Å²) in [4.78, 5) is 39.9. The molecule has 0 aliphatic rings.